The molecule has 2 heteroatoms. The fourth-order valence-electron chi connectivity index (χ4n) is 3.91. The number of nitrogens with one attached hydrogen (secondary N) is 1. The second-order valence-corrected chi connectivity index (χ2v) is 6.22. The summed E-state index contributed by atoms with van der Waals surface area (Å²) < 4.78 is 0. The van der Waals surface area contributed by atoms with E-state index in [1.807, 2.05) is 0 Å². The summed E-state index contributed by atoms with van der Waals surface area (Å²) in [5, 5.41) is 14.0. The quantitative estimate of drug-likeness (QED) is 0.871. The van der Waals surface area contributed by atoms with E-state index >= 15 is 0 Å². The molecule has 1 aliphatic heterocycles. The molecule has 0 bridgehead atoms. The minimum atomic E-state index is -0.317. The van der Waals surface area contributed by atoms with Gasteiger partial charge in [-0.2, -0.15) is 0 Å². The highest BCUT2D eigenvalue weighted by molar-refractivity contribution is 5.24. The van der Waals surface area contributed by atoms with E-state index in [2.05, 4.69) is 36.5 Å². The summed E-state index contributed by atoms with van der Waals surface area (Å²) in [4.78, 5) is 0. The smallest absolute Gasteiger partial charge is 0.0805 e. The normalized spacial score (nSPS) is 31.4. The number of rotatable bonds is 4. The maximum Gasteiger partial charge on any atom is 0.0805 e. The molecule has 2 fully saturated rings. The van der Waals surface area contributed by atoms with E-state index in [0.717, 1.165) is 36.8 Å². The van der Waals surface area contributed by atoms with Crippen molar-refractivity contribution in [1.29, 1.82) is 0 Å². The standard InChI is InChI=1S/C17H25NO/c1-2-12-6-8-13(9-7-12)17(19)10-16-15-5-3-4-14(15)11-18-16/h6-9,14-19H,2-5,10-11H2,1H3. The van der Waals surface area contributed by atoms with Crippen LogP contribution in [-0.2, 0) is 6.42 Å². The van der Waals surface area contributed by atoms with Gasteiger partial charge < -0.3 is 10.4 Å². The van der Waals surface area contributed by atoms with Gasteiger partial charge in [0.1, 0.15) is 0 Å². The first kappa shape index (κ1) is 13.1. The van der Waals surface area contributed by atoms with Gasteiger partial charge >= 0.3 is 0 Å². The zero-order valence-electron chi connectivity index (χ0n) is 11.8. The van der Waals surface area contributed by atoms with Gasteiger partial charge in [0.15, 0.2) is 0 Å². The lowest BCUT2D eigenvalue weighted by Gasteiger charge is -2.21. The second kappa shape index (κ2) is 5.64. The molecule has 1 aromatic carbocycles. The zero-order valence-corrected chi connectivity index (χ0v) is 11.8. The molecule has 1 heterocycles. The van der Waals surface area contributed by atoms with Crippen LogP contribution in [0.2, 0.25) is 0 Å². The van der Waals surface area contributed by atoms with Gasteiger partial charge in [-0.05, 0) is 55.2 Å². The molecule has 2 nitrogen and oxygen atoms in total. The number of aryl methyl sites for hydroxylation is 1. The Kier molecular flexibility index (Phi) is 3.90. The molecule has 1 aromatic rings. The molecule has 0 aromatic heterocycles. The van der Waals surface area contributed by atoms with Crippen LogP contribution in [0.25, 0.3) is 0 Å². The number of benzene rings is 1. The van der Waals surface area contributed by atoms with Crippen molar-refractivity contribution in [3.8, 4) is 0 Å². The highest BCUT2D eigenvalue weighted by Crippen LogP contribution is 2.40. The summed E-state index contributed by atoms with van der Waals surface area (Å²) in [7, 11) is 0. The van der Waals surface area contributed by atoms with Crippen LogP contribution in [0.4, 0.5) is 0 Å². The van der Waals surface area contributed by atoms with Crippen LogP contribution < -0.4 is 5.32 Å². The van der Waals surface area contributed by atoms with E-state index in [4.69, 9.17) is 0 Å². The van der Waals surface area contributed by atoms with E-state index in [0.29, 0.717) is 6.04 Å². The van der Waals surface area contributed by atoms with Gasteiger partial charge in [-0.1, -0.05) is 37.6 Å². The third kappa shape index (κ3) is 2.70. The molecule has 0 radical (unpaired) electrons. The molecule has 1 saturated heterocycles. The van der Waals surface area contributed by atoms with Gasteiger partial charge in [-0.15, -0.1) is 0 Å². The second-order valence-electron chi connectivity index (χ2n) is 6.22. The molecule has 104 valence electrons. The van der Waals surface area contributed by atoms with E-state index in [-0.39, 0.29) is 6.10 Å². The maximum atomic E-state index is 10.4. The minimum absolute atomic E-state index is 0.317. The average Bonchev–Trinajstić information content (AvgIpc) is 3.04. The van der Waals surface area contributed by atoms with Crippen molar-refractivity contribution in [3.05, 3.63) is 35.4 Å². The Balaban J connectivity index is 1.62. The lowest BCUT2D eigenvalue weighted by Crippen LogP contribution is -2.28. The zero-order chi connectivity index (χ0) is 13.2. The molecule has 4 atom stereocenters. The molecule has 0 spiro atoms. The van der Waals surface area contributed by atoms with Crippen molar-refractivity contribution in [3.63, 3.8) is 0 Å². The van der Waals surface area contributed by atoms with Crippen molar-refractivity contribution in [2.24, 2.45) is 11.8 Å². The van der Waals surface area contributed by atoms with E-state index < -0.39 is 0 Å². The summed E-state index contributed by atoms with van der Waals surface area (Å²) >= 11 is 0. The molecule has 3 rings (SSSR count). The van der Waals surface area contributed by atoms with Crippen molar-refractivity contribution < 1.29 is 5.11 Å². The molecular weight excluding hydrogens is 234 g/mol. The monoisotopic (exact) mass is 259 g/mol. The topological polar surface area (TPSA) is 32.3 Å². The Hall–Kier alpha value is -0.860. The van der Waals surface area contributed by atoms with Crippen LogP contribution in [-0.4, -0.2) is 17.7 Å². The number of aliphatic hydroxyl groups is 1. The highest BCUT2D eigenvalue weighted by Gasteiger charge is 2.39. The Morgan fingerprint density at radius 2 is 2.05 bits per heavy atom. The third-order valence-electron chi connectivity index (χ3n) is 5.13. The van der Waals surface area contributed by atoms with Crippen LogP contribution in [0.3, 0.4) is 0 Å². The summed E-state index contributed by atoms with van der Waals surface area (Å²) in [5.74, 6) is 1.68. The molecule has 19 heavy (non-hydrogen) atoms. The Labute approximate surface area is 116 Å². The van der Waals surface area contributed by atoms with Crippen molar-refractivity contribution in [2.45, 2.75) is 51.2 Å². The van der Waals surface area contributed by atoms with Gasteiger partial charge in [0.05, 0.1) is 6.10 Å². The molecule has 4 unspecified atom stereocenters. The first-order valence-corrected chi connectivity index (χ1v) is 7.78. The van der Waals surface area contributed by atoms with Gasteiger partial charge in [-0.25, -0.2) is 0 Å². The van der Waals surface area contributed by atoms with Gasteiger partial charge in [0.2, 0.25) is 0 Å². The number of fused-ring (bicyclic) bond motifs is 1. The fraction of sp³-hybridized carbons (Fsp3) is 0.647. The summed E-state index contributed by atoms with van der Waals surface area (Å²) in [5.41, 5.74) is 2.41. The lowest BCUT2D eigenvalue weighted by molar-refractivity contribution is 0.145. The van der Waals surface area contributed by atoms with Gasteiger partial charge in [-0.3, -0.25) is 0 Å². The van der Waals surface area contributed by atoms with Crippen LogP contribution in [0.5, 0.6) is 0 Å². The molecule has 0 amide bonds. The summed E-state index contributed by atoms with van der Waals surface area (Å²) in [6, 6.07) is 8.97. The predicted molar refractivity (Wildman–Crippen MR) is 78.0 cm³/mol. The lowest BCUT2D eigenvalue weighted by atomic mass is 9.89. The molecule has 1 saturated carbocycles. The SMILES string of the molecule is CCc1ccc(C(O)CC2NCC3CCCC32)cc1. The largest absolute Gasteiger partial charge is 0.388 e. The van der Waals surface area contributed by atoms with E-state index in [1.54, 1.807) is 0 Å². The van der Waals surface area contributed by atoms with Crippen LogP contribution in [0.1, 0.15) is 49.8 Å². The number of hydrogen-bond donors (Lipinski definition) is 2. The van der Waals surface area contributed by atoms with Crippen LogP contribution in [0.15, 0.2) is 24.3 Å². The molecular formula is C17H25NO. The van der Waals surface area contributed by atoms with Gasteiger partial charge in [0.25, 0.3) is 0 Å². The van der Waals surface area contributed by atoms with Crippen molar-refractivity contribution >= 4 is 0 Å². The maximum absolute atomic E-state index is 10.4. The van der Waals surface area contributed by atoms with Crippen LogP contribution in [0, 0.1) is 11.8 Å². The Morgan fingerprint density at radius 3 is 2.79 bits per heavy atom. The highest BCUT2D eigenvalue weighted by atomic mass is 16.3. The van der Waals surface area contributed by atoms with Crippen molar-refractivity contribution in [2.75, 3.05) is 6.54 Å². The van der Waals surface area contributed by atoms with Crippen molar-refractivity contribution in [1.82, 2.24) is 5.32 Å². The molecule has 1 aliphatic carbocycles. The predicted octanol–water partition coefficient (Wildman–Crippen LogP) is 3.06. The average molecular weight is 259 g/mol. The Bertz CT molecular complexity index is 414. The van der Waals surface area contributed by atoms with Crippen LogP contribution >= 0.6 is 0 Å². The molecule has 2 N–H and O–H groups in total. The third-order valence-corrected chi connectivity index (χ3v) is 5.13. The molecule has 2 aliphatic rings. The Morgan fingerprint density at radius 1 is 1.26 bits per heavy atom. The first-order valence-electron chi connectivity index (χ1n) is 7.78. The summed E-state index contributed by atoms with van der Waals surface area (Å²) in [6.45, 7) is 3.32. The number of hydrogen-bond acceptors (Lipinski definition) is 2. The summed E-state index contributed by atoms with van der Waals surface area (Å²) in [6.07, 6.45) is 5.73. The van der Waals surface area contributed by atoms with E-state index in [9.17, 15) is 5.11 Å². The van der Waals surface area contributed by atoms with Gasteiger partial charge in [0, 0.05) is 6.04 Å². The van der Waals surface area contributed by atoms with E-state index in [1.165, 1.54) is 24.8 Å². The number of aliphatic hydroxyl groups excluding tert-OH is 1. The minimum Gasteiger partial charge on any atom is -0.388 e. The first-order chi connectivity index (χ1) is 9.28. The fourth-order valence-corrected chi connectivity index (χ4v) is 3.91.